The Balaban J connectivity index is 2.26. The third-order valence-corrected chi connectivity index (χ3v) is 2.28. The van der Waals surface area contributed by atoms with E-state index in [1.807, 2.05) is 0 Å². The van der Waals surface area contributed by atoms with Crippen LogP contribution in [0.5, 0.6) is 5.88 Å². The Morgan fingerprint density at radius 3 is 2.89 bits per heavy atom. The summed E-state index contributed by atoms with van der Waals surface area (Å²) in [5.41, 5.74) is -0.159. The molecule has 0 aliphatic heterocycles. The first kappa shape index (κ1) is 12.6. The Labute approximate surface area is 107 Å². The molecule has 0 fully saturated rings. The number of H-pyrrole nitrogens is 1. The van der Waals surface area contributed by atoms with E-state index in [0.29, 0.717) is 5.69 Å². The minimum Gasteiger partial charge on any atom is -0.480 e. The van der Waals surface area contributed by atoms with E-state index in [9.17, 15) is 9.59 Å². The quantitative estimate of drug-likeness (QED) is 0.748. The Hall–Kier alpha value is -2.90. The van der Waals surface area contributed by atoms with Crippen molar-refractivity contribution in [3.8, 4) is 5.88 Å². The molecule has 8 heteroatoms. The van der Waals surface area contributed by atoms with E-state index in [-0.39, 0.29) is 17.3 Å². The molecule has 0 bridgehead atoms. The minimum absolute atomic E-state index is 0.210. The van der Waals surface area contributed by atoms with Gasteiger partial charge >= 0.3 is 5.97 Å². The van der Waals surface area contributed by atoms with Crippen LogP contribution >= 0.6 is 0 Å². The number of aromatic amines is 1. The molecule has 98 valence electrons. The number of amides is 1. The molecule has 1 amide bonds. The zero-order chi connectivity index (χ0) is 13.8. The lowest BCUT2D eigenvalue weighted by Crippen LogP contribution is -2.17. The van der Waals surface area contributed by atoms with Crippen molar-refractivity contribution < 1.29 is 19.4 Å². The summed E-state index contributed by atoms with van der Waals surface area (Å²) >= 11 is 0. The number of aromatic carboxylic acids is 1. The smallest absolute Gasteiger partial charge is 0.354 e. The van der Waals surface area contributed by atoms with Crippen LogP contribution in [-0.2, 0) is 0 Å². The van der Waals surface area contributed by atoms with Crippen molar-refractivity contribution in [2.24, 2.45) is 0 Å². The number of ether oxygens (including phenoxy) is 1. The third-order valence-electron chi connectivity index (χ3n) is 2.28. The van der Waals surface area contributed by atoms with E-state index in [4.69, 9.17) is 9.84 Å². The van der Waals surface area contributed by atoms with Crippen LogP contribution in [0.4, 0.5) is 5.69 Å². The number of pyridine rings is 1. The van der Waals surface area contributed by atoms with E-state index >= 15 is 0 Å². The van der Waals surface area contributed by atoms with Gasteiger partial charge in [-0.05, 0) is 12.1 Å². The van der Waals surface area contributed by atoms with E-state index in [1.165, 1.54) is 13.3 Å². The highest BCUT2D eigenvalue weighted by Crippen LogP contribution is 2.20. The molecule has 0 aromatic carbocycles. The lowest BCUT2D eigenvalue weighted by atomic mass is 10.3. The zero-order valence-electron chi connectivity index (χ0n) is 9.88. The number of methoxy groups -OCH3 is 1. The van der Waals surface area contributed by atoms with Gasteiger partial charge in [0.05, 0.1) is 13.4 Å². The first-order valence-corrected chi connectivity index (χ1v) is 5.20. The summed E-state index contributed by atoms with van der Waals surface area (Å²) in [6.45, 7) is 0. The maximum Gasteiger partial charge on any atom is 0.354 e. The predicted octanol–water partition coefficient (Wildman–Crippen LogP) is 0.764. The Kier molecular flexibility index (Phi) is 3.42. The zero-order valence-corrected chi connectivity index (χ0v) is 9.88. The molecule has 2 aromatic heterocycles. The monoisotopic (exact) mass is 262 g/mol. The summed E-state index contributed by atoms with van der Waals surface area (Å²) < 4.78 is 4.97. The molecule has 2 rings (SSSR count). The lowest BCUT2D eigenvalue weighted by molar-refractivity contribution is 0.0686. The van der Waals surface area contributed by atoms with Crippen LogP contribution in [0, 0.1) is 0 Å². The molecule has 0 saturated carbocycles. The average Bonchev–Trinajstić information content (AvgIpc) is 2.88. The van der Waals surface area contributed by atoms with Crippen molar-refractivity contribution in [3.05, 3.63) is 36.0 Å². The third kappa shape index (κ3) is 2.51. The Morgan fingerprint density at radius 2 is 2.21 bits per heavy atom. The minimum atomic E-state index is -1.26. The first-order valence-electron chi connectivity index (χ1n) is 5.20. The van der Waals surface area contributed by atoms with Crippen LogP contribution in [0.2, 0.25) is 0 Å². The second-order valence-corrected chi connectivity index (χ2v) is 3.45. The van der Waals surface area contributed by atoms with Gasteiger partial charge in [0.1, 0.15) is 5.69 Å². The summed E-state index contributed by atoms with van der Waals surface area (Å²) in [5, 5.41) is 11.4. The van der Waals surface area contributed by atoms with Gasteiger partial charge in [-0.2, -0.15) is 0 Å². The number of carboxylic acids is 1. The van der Waals surface area contributed by atoms with Crippen LogP contribution < -0.4 is 10.1 Å². The van der Waals surface area contributed by atoms with Gasteiger partial charge in [-0.15, -0.1) is 0 Å². The van der Waals surface area contributed by atoms with Crippen molar-refractivity contribution in [2.45, 2.75) is 0 Å². The Bertz CT molecular complexity index is 623. The number of nitrogens with zero attached hydrogens (tertiary/aromatic N) is 2. The predicted molar refractivity (Wildman–Crippen MR) is 64.3 cm³/mol. The van der Waals surface area contributed by atoms with Gasteiger partial charge in [0.15, 0.2) is 11.4 Å². The van der Waals surface area contributed by atoms with Gasteiger partial charge in [-0.1, -0.05) is 0 Å². The van der Waals surface area contributed by atoms with Gasteiger partial charge in [-0.3, -0.25) is 4.79 Å². The van der Waals surface area contributed by atoms with Crippen molar-refractivity contribution in [3.63, 3.8) is 0 Å². The number of rotatable bonds is 4. The molecule has 0 unspecified atom stereocenters. The molecule has 19 heavy (non-hydrogen) atoms. The molecule has 0 aliphatic carbocycles. The largest absolute Gasteiger partial charge is 0.480 e. The highest BCUT2D eigenvalue weighted by Gasteiger charge is 2.20. The number of anilines is 1. The number of nitrogens with one attached hydrogen (secondary N) is 2. The summed E-state index contributed by atoms with van der Waals surface area (Å²) in [6, 6.07) is 3.19. The molecular weight excluding hydrogens is 252 g/mol. The number of imidazole rings is 1. The molecule has 0 atom stereocenters. The van der Waals surface area contributed by atoms with Gasteiger partial charge in [0.2, 0.25) is 5.88 Å². The van der Waals surface area contributed by atoms with E-state index in [1.54, 1.807) is 12.1 Å². The van der Waals surface area contributed by atoms with Crippen molar-refractivity contribution in [1.82, 2.24) is 15.0 Å². The molecule has 0 radical (unpaired) electrons. The van der Waals surface area contributed by atoms with Crippen LogP contribution in [-0.4, -0.2) is 39.0 Å². The fourth-order valence-electron chi connectivity index (χ4n) is 1.46. The van der Waals surface area contributed by atoms with E-state index < -0.39 is 11.9 Å². The topological polar surface area (TPSA) is 117 Å². The van der Waals surface area contributed by atoms with Crippen molar-refractivity contribution >= 4 is 17.6 Å². The summed E-state index contributed by atoms with van der Waals surface area (Å²) in [4.78, 5) is 32.8. The van der Waals surface area contributed by atoms with Crippen LogP contribution in [0.1, 0.15) is 21.0 Å². The Morgan fingerprint density at radius 1 is 1.42 bits per heavy atom. The number of hydrogen-bond acceptors (Lipinski definition) is 5. The second-order valence-electron chi connectivity index (χ2n) is 3.45. The lowest BCUT2D eigenvalue weighted by Gasteiger charge is -2.07. The van der Waals surface area contributed by atoms with Crippen LogP contribution in [0.25, 0.3) is 0 Å². The number of carboxylic acid groups (broad SMARTS) is 1. The fourth-order valence-corrected chi connectivity index (χ4v) is 1.46. The molecule has 0 spiro atoms. The standard InChI is InChI=1S/C11H10N4O4/c1-19-10-6(3-2-4-12-10)15-9(16)7-8(11(17)18)14-5-13-7/h2-5H,1H3,(H,13,14)(H,15,16)(H,17,18). The molecule has 3 N–H and O–H groups in total. The maximum atomic E-state index is 11.9. The van der Waals surface area contributed by atoms with E-state index in [2.05, 4.69) is 20.3 Å². The van der Waals surface area contributed by atoms with Gasteiger partial charge in [-0.25, -0.2) is 14.8 Å². The normalized spacial score (nSPS) is 9.95. The van der Waals surface area contributed by atoms with Gasteiger partial charge in [0.25, 0.3) is 5.91 Å². The average molecular weight is 262 g/mol. The molecule has 2 aromatic rings. The van der Waals surface area contributed by atoms with Gasteiger partial charge < -0.3 is 20.1 Å². The molecule has 0 saturated heterocycles. The SMILES string of the molecule is COc1ncccc1NC(=O)c1nc[nH]c1C(=O)O. The molecule has 2 heterocycles. The van der Waals surface area contributed by atoms with Crippen molar-refractivity contribution in [2.75, 3.05) is 12.4 Å². The molecule has 8 nitrogen and oxygen atoms in total. The first-order chi connectivity index (χ1) is 9.13. The number of carbonyl (C=O) groups excluding carboxylic acids is 1. The van der Waals surface area contributed by atoms with E-state index in [0.717, 1.165) is 6.33 Å². The summed E-state index contributed by atoms with van der Waals surface area (Å²) in [7, 11) is 1.41. The van der Waals surface area contributed by atoms with Gasteiger partial charge in [0, 0.05) is 6.20 Å². The van der Waals surface area contributed by atoms with Crippen molar-refractivity contribution in [1.29, 1.82) is 0 Å². The number of carbonyl (C=O) groups is 2. The van der Waals surface area contributed by atoms with Crippen LogP contribution in [0.15, 0.2) is 24.7 Å². The number of hydrogen-bond donors (Lipinski definition) is 3. The molecular formula is C11H10N4O4. The summed E-state index contributed by atoms with van der Waals surface area (Å²) in [5.74, 6) is -1.70. The second kappa shape index (κ2) is 5.17. The van der Waals surface area contributed by atoms with Crippen LogP contribution in [0.3, 0.4) is 0 Å². The highest BCUT2D eigenvalue weighted by atomic mass is 16.5. The summed E-state index contributed by atoms with van der Waals surface area (Å²) in [6.07, 6.45) is 2.64. The highest BCUT2D eigenvalue weighted by molar-refractivity contribution is 6.09. The molecule has 0 aliphatic rings. The number of aromatic nitrogens is 3. The fraction of sp³-hybridized carbons (Fsp3) is 0.0909. The maximum absolute atomic E-state index is 11.9.